The zero-order valence-corrected chi connectivity index (χ0v) is 16.3. The molecule has 0 fully saturated rings. The second kappa shape index (κ2) is 8.61. The number of aromatic hydroxyl groups is 1. The second-order valence-corrected chi connectivity index (χ2v) is 7.20. The van der Waals surface area contributed by atoms with Crippen LogP contribution in [0.15, 0.2) is 60.9 Å². The van der Waals surface area contributed by atoms with Gasteiger partial charge in [-0.3, -0.25) is 9.78 Å². The van der Waals surface area contributed by atoms with Crippen LogP contribution < -0.4 is 0 Å². The Hall–Kier alpha value is -2.27. The maximum atomic E-state index is 13.1. The number of pyridine rings is 1. The van der Waals surface area contributed by atoms with Gasteiger partial charge in [0.2, 0.25) is 0 Å². The Kier molecular flexibility index (Phi) is 6.22. The maximum Gasteiger partial charge on any atom is 0.258 e. The Balaban J connectivity index is 1.96. The van der Waals surface area contributed by atoms with Crippen molar-refractivity contribution in [2.45, 2.75) is 13.1 Å². The molecule has 1 amide bonds. The summed E-state index contributed by atoms with van der Waals surface area (Å²) in [6.45, 7) is 0.521. The van der Waals surface area contributed by atoms with E-state index in [0.717, 1.165) is 11.1 Å². The molecule has 0 atom stereocenters. The minimum absolute atomic E-state index is 0.122. The molecule has 0 spiro atoms. The molecule has 0 unspecified atom stereocenters. The van der Waals surface area contributed by atoms with Crippen LogP contribution in [0.25, 0.3) is 0 Å². The van der Waals surface area contributed by atoms with E-state index in [-0.39, 0.29) is 30.3 Å². The summed E-state index contributed by atoms with van der Waals surface area (Å²) in [6, 6.07) is 13.1. The fourth-order valence-electron chi connectivity index (χ4n) is 2.62. The summed E-state index contributed by atoms with van der Waals surface area (Å²) in [5.74, 6) is -0.507. The number of hydrogen-bond donors (Lipinski definition) is 1. The molecule has 0 saturated carbocycles. The van der Waals surface area contributed by atoms with Crippen LogP contribution in [0.4, 0.5) is 0 Å². The van der Waals surface area contributed by atoms with Gasteiger partial charge in [0.15, 0.2) is 0 Å². The van der Waals surface area contributed by atoms with E-state index in [1.807, 2.05) is 6.07 Å². The highest BCUT2D eigenvalue weighted by molar-refractivity contribution is 6.35. The largest absolute Gasteiger partial charge is 0.507 e. The highest BCUT2D eigenvalue weighted by Crippen LogP contribution is 2.27. The predicted molar refractivity (Wildman–Crippen MR) is 107 cm³/mol. The van der Waals surface area contributed by atoms with Crippen molar-refractivity contribution in [3.8, 4) is 5.75 Å². The number of phenolic OH excluding ortho intramolecular Hbond substituents is 1. The summed E-state index contributed by atoms with van der Waals surface area (Å²) >= 11 is 18.2. The van der Waals surface area contributed by atoms with Crippen LogP contribution in [0.5, 0.6) is 5.75 Å². The van der Waals surface area contributed by atoms with Crippen molar-refractivity contribution in [1.29, 1.82) is 0 Å². The van der Waals surface area contributed by atoms with Gasteiger partial charge in [0.05, 0.1) is 5.56 Å². The number of nitrogens with zero attached hydrogens (tertiary/aromatic N) is 2. The lowest BCUT2D eigenvalue weighted by atomic mass is 10.1. The summed E-state index contributed by atoms with van der Waals surface area (Å²) < 4.78 is 0. The standard InChI is InChI=1S/C20H15Cl3N2O2/c21-15-5-6-19(26)17(8-15)20(27)25(11-13-2-1-7-24-10-13)12-14-3-4-16(22)9-18(14)23/h1-10,26H,11-12H2. The van der Waals surface area contributed by atoms with Gasteiger partial charge in [0, 0.05) is 40.6 Å². The minimum atomic E-state index is -0.370. The molecule has 138 valence electrons. The Morgan fingerprint density at radius 1 is 1.00 bits per heavy atom. The lowest BCUT2D eigenvalue weighted by Gasteiger charge is -2.24. The molecule has 1 heterocycles. The number of phenols is 1. The summed E-state index contributed by atoms with van der Waals surface area (Å²) in [6.07, 6.45) is 3.34. The Bertz CT molecular complexity index is 965. The first-order chi connectivity index (χ1) is 12.9. The lowest BCUT2D eigenvalue weighted by molar-refractivity contribution is 0.0727. The van der Waals surface area contributed by atoms with Crippen LogP contribution in [0.2, 0.25) is 15.1 Å². The van der Waals surface area contributed by atoms with Gasteiger partial charge in [0.1, 0.15) is 5.75 Å². The number of aromatic nitrogens is 1. The molecule has 0 saturated heterocycles. The van der Waals surface area contributed by atoms with Gasteiger partial charge >= 0.3 is 0 Å². The van der Waals surface area contributed by atoms with E-state index in [1.165, 1.54) is 18.2 Å². The number of hydrogen-bond acceptors (Lipinski definition) is 3. The normalized spacial score (nSPS) is 10.6. The molecule has 3 aromatic rings. The van der Waals surface area contributed by atoms with Crippen molar-refractivity contribution >= 4 is 40.7 Å². The fraction of sp³-hybridized carbons (Fsp3) is 0.100. The van der Waals surface area contributed by atoms with Crippen LogP contribution in [0, 0.1) is 0 Å². The molecule has 0 aliphatic carbocycles. The highest BCUT2D eigenvalue weighted by atomic mass is 35.5. The monoisotopic (exact) mass is 420 g/mol. The van der Waals surface area contributed by atoms with E-state index >= 15 is 0 Å². The Morgan fingerprint density at radius 3 is 2.44 bits per heavy atom. The fourth-order valence-corrected chi connectivity index (χ4v) is 3.26. The topological polar surface area (TPSA) is 53.4 Å². The van der Waals surface area contributed by atoms with Gasteiger partial charge in [-0.05, 0) is 47.5 Å². The van der Waals surface area contributed by atoms with Crippen molar-refractivity contribution in [2.75, 3.05) is 0 Å². The summed E-state index contributed by atoms with van der Waals surface area (Å²) in [4.78, 5) is 18.8. The van der Waals surface area contributed by atoms with E-state index < -0.39 is 0 Å². The number of carbonyl (C=O) groups is 1. The Labute approximate surface area is 171 Å². The predicted octanol–water partition coefficient (Wildman–Crippen LogP) is 5.59. The van der Waals surface area contributed by atoms with Crippen molar-refractivity contribution in [3.63, 3.8) is 0 Å². The molecule has 2 aromatic carbocycles. The van der Waals surface area contributed by atoms with Crippen LogP contribution >= 0.6 is 34.8 Å². The van der Waals surface area contributed by atoms with Gasteiger partial charge in [-0.25, -0.2) is 0 Å². The van der Waals surface area contributed by atoms with Gasteiger partial charge in [-0.15, -0.1) is 0 Å². The summed E-state index contributed by atoms with van der Waals surface area (Å²) in [7, 11) is 0. The number of rotatable bonds is 5. The number of amides is 1. The molecule has 0 bridgehead atoms. The molecule has 0 aliphatic heterocycles. The summed E-state index contributed by atoms with van der Waals surface area (Å²) in [5.41, 5.74) is 1.70. The molecule has 0 aliphatic rings. The van der Waals surface area contributed by atoms with E-state index in [9.17, 15) is 9.90 Å². The van der Waals surface area contributed by atoms with Gasteiger partial charge in [-0.2, -0.15) is 0 Å². The quantitative estimate of drug-likeness (QED) is 0.584. The minimum Gasteiger partial charge on any atom is -0.507 e. The van der Waals surface area contributed by atoms with Crippen molar-refractivity contribution in [3.05, 3.63) is 92.7 Å². The molecule has 1 aromatic heterocycles. The van der Waals surface area contributed by atoms with E-state index in [4.69, 9.17) is 34.8 Å². The van der Waals surface area contributed by atoms with Crippen LogP contribution in [0.1, 0.15) is 21.5 Å². The van der Waals surface area contributed by atoms with Crippen LogP contribution in [0.3, 0.4) is 0 Å². The van der Waals surface area contributed by atoms with Crippen LogP contribution in [-0.2, 0) is 13.1 Å². The van der Waals surface area contributed by atoms with Gasteiger partial charge in [0.25, 0.3) is 5.91 Å². The van der Waals surface area contributed by atoms with Crippen molar-refractivity contribution in [1.82, 2.24) is 9.88 Å². The first-order valence-electron chi connectivity index (χ1n) is 8.04. The number of benzene rings is 2. The molecule has 3 rings (SSSR count). The molecule has 1 N–H and O–H groups in total. The van der Waals surface area contributed by atoms with E-state index in [2.05, 4.69) is 4.98 Å². The molecule has 4 nitrogen and oxygen atoms in total. The van der Waals surface area contributed by atoms with E-state index in [1.54, 1.807) is 41.6 Å². The zero-order valence-electron chi connectivity index (χ0n) is 14.1. The first-order valence-corrected chi connectivity index (χ1v) is 9.18. The number of carbonyl (C=O) groups excluding carboxylic acids is 1. The van der Waals surface area contributed by atoms with Crippen LogP contribution in [-0.4, -0.2) is 20.9 Å². The SMILES string of the molecule is O=C(c1cc(Cl)ccc1O)N(Cc1cccnc1)Cc1ccc(Cl)cc1Cl. The molecular weight excluding hydrogens is 407 g/mol. The third-order valence-corrected chi connectivity index (χ3v) is 4.77. The average Bonchev–Trinajstić information content (AvgIpc) is 2.65. The smallest absolute Gasteiger partial charge is 0.258 e. The van der Waals surface area contributed by atoms with Gasteiger partial charge < -0.3 is 10.0 Å². The van der Waals surface area contributed by atoms with Crippen molar-refractivity contribution in [2.24, 2.45) is 0 Å². The second-order valence-electron chi connectivity index (χ2n) is 5.92. The van der Waals surface area contributed by atoms with E-state index in [0.29, 0.717) is 15.1 Å². The molecule has 7 heteroatoms. The molecular formula is C20H15Cl3N2O2. The lowest BCUT2D eigenvalue weighted by Crippen LogP contribution is -2.30. The first kappa shape index (κ1) is 19.5. The number of halogens is 3. The summed E-state index contributed by atoms with van der Waals surface area (Å²) in [5, 5.41) is 11.5. The third kappa shape index (κ3) is 4.92. The highest BCUT2D eigenvalue weighted by Gasteiger charge is 2.21. The molecule has 0 radical (unpaired) electrons. The third-order valence-electron chi connectivity index (χ3n) is 3.95. The molecule has 27 heavy (non-hydrogen) atoms. The maximum absolute atomic E-state index is 13.1. The zero-order chi connectivity index (χ0) is 19.4. The average molecular weight is 422 g/mol. The Morgan fingerprint density at radius 2 is 1.74 bits per heavy atom. The van der Waals surface area contributed by atoms with Gasteiger partial charge in [-0.1, -0.05) is 46.9 Å². The van der Waals surface area contributed by atoms with Crippen molar-refractivity contribution < 1.29 is 9.90 Å².